The van der Waals surface area contributed by atoms with E-state index < -0.39 is 6.10 Å². The highest BCUT2D eigenvalue weighted by molar-refractivity contribution is 6.30. The van der Waals surface area contributed by atoms with E-state index in [4.69, 9.17) is 16.3 Å². The molecule has 6 heteroatoms. The van der Waals surface area contributed by atoms with E-state index in [1.165, 1.54) is 0 Å². The maximum Gasteiger partial charge on any atom is 0.265 e. The number of amides is 2. The van der Waals surface area contributed by atoms with Crippen molar-refractivity contribution < 1.29 is 14.3 Å². The van der Waals surface area contributed by atoms with Crippen LogP contribution < -0.4 is 15.4 Å². The van der Waals surface area contributed by atoms with Gasteiger partial charge in [0.25, 0.3) is 11.8 Å². The predicted octanol–water partition coefficient (Wildman–Crippen LogP) is 4.68. The summed E-state index contributed by atoms with van der Waals surface area (Å²) in [4.78, 5) is 24.8. The largest absolute Gasteiger partial charge is 0.481 e. The van der Waals surface area contributed by atoms with Gasteiger partial charge < -0.3 is 15.4 Å². The number of carbonyl (C=O) groups is 2. The summed E-state index contributed by atoms with van der Waals surface area (Å²) in [5.41, 5.74) is 2.06. The zero-order valence-electron chi connectivity index (χ0n) is 15.9. The smallest absolute Gasteiger partial charge is 0.265 e. The Hall–Kier alpha value is -3.31. The first-order valence-electron chi connectivity index (χ1n) is 9.16. The average Bonchev–Trinajstić information content (AvgIpc) is 2.73. The van der Waals surface area contributed by atoms with Gasteiger partial charge in [0, 0.05) is 22.8 Å². The first kappa shape index (κ1) is 20.4. The number of anilines is 1. The van der Waals surface area contributed by atoms with E-state index in [0.717, 1.165) is 5.56 Å². The van der Waals surface area contributed by atoms with Crippen molar-refractivity contribution in [2.45, 2.75) is 19.6 Å². The molecule has 5 nitrogen and oxygen atoms in total. The monoisotopic (exact) mass is 408 g/mol. The Morgan fingerprint density at radius 3 is 2.48 bits per heavy atom. The van der Waals surface area contributed by atoms with Crippen molar-refractivity contribution in [3.63, 3.8) is 0 Å². The Morgan fingerprint density at radius 1 is 0.966 bits per heavy atom. The van der Waals surface area contributed by atoms with Crippen molar-refractivity contribution >= 4 is 29.1 Å². The third kappa shape index (κ3) is 6.09. The van der Waals surface area contributed by atoms with Gasteiger partial charge in [0.05, 0.1) is 0 Å². The van der Waals surface area contributed by atoms with E-state index >= 15 is 0 Å². The second-order valence-electron chi connectivity index (χ2n) is 6.46. The number of hydrogen-bond acceptors (Lipinski definition) is 3. The van der Waals surface area contributed by atoms with Crippen LogP contribution in [0.15, 0.2) is 78.9 Å². The Morgan fingerprint density at radius 2 is 1.72 bits per heavy atom. The quantitative estimate of drug-likeness (QED) is 0.596. The van der Waals surface area contributed by atoms with Gasteiger partial charge in [-0.1, -0.05) is 54.1 Å². The molecule has 2 N–H and O–H groups in total. The van der Waals surface area contributed by atoms with Gasteiger partial charge >= 0.3 is 0 Å². The van der Waals surface area contributed by atoms with E-state index in [9.17, 15) is 9.59 Å². The number of halogens is 1. The minimum atomic E-state index is -0.753. The fourth-order valence-corrected chi connectivity index (χ4v) is 2.85. The zero-order valence-corrected chi connectivity index (χ0v) is 16.6. The van der Waals surface area contributed by atoms with Crippen LogP contribution in [0.3, 0.4) is 0 Å². The summed E-state index contributed by atoms with van der Waals surface area (Å²) >= 11 is 5.93. The van der Waals surface area contributed by atoms with Gasteiger partial charge in [0.1, 0.15) is 5.75 Å². The number of rotatable bonds is 7. The summed E-state index contributed by atoms with van der Waals surface area (Å²) in [5.74, 6) is -0.0901. The summed E-state index contributed by atoms with van der Waals surface area (Å²) in [6.45, 7) is 2.07. The molecule has 0 aliphatic heterocycles. The first-order valence-corrected chi connectivity index (χ1v) is 9.54. The maximum atomic E-state index is 12.4. The minimum absolute atomic E-state index is 0.213. The number of ether oxygens (including phenoxy) is 1. The molecule has 2 amide bonds. The fourth-order valence-electron chi connectivity index (χ4n) is 2.66. The zero-order chi connectivity index (χ0) is 20.6. The SMILES string of the molecule is C[C@@H](Oc1cccc(C(=O)NCc2ccccc2)c1)C(=O)Nc1cccc(Cl)c1. The van der Waals surface area contributed by atoms with Gasteiger partial charge in [0.15, 0.2) is 6.10 Å². The van der Waals surface area contributed by atoms with Crippen molar-refractivity contribution in [1.82, 2.24) is 5.32 Å². The third-order valence-electron chi connectivity index (χ3n) is 4.17. The van der Waals surface area contributed by atoms with E-state index in [1.54, 1.807) is 55.5 Å². The standard InChI is InChI=1S/C23H21ClN2O3/c1-16(22(27)26-20-11-6-10-19(24)14-20)29-21-12-5-9-18(13-21)23(28)25-15-17-7-3-2-4-8-17/h2-14,16H,15H2,1H3,(H,25,28)(H,26,27)/t16-/m1/s1. The summed E-state index contributed by atoms with van der Waals surface area (Å²) in [7, 11) is 0. The molecule has 0 aliphatic rings. The molecule has 0 bridgehead atoms. The minimum Gasteiger partial charge on any atom is -0.481 e. The lowest BCUT2D eigenvalue weighted by molar-refractivity contribution is -0.122. The molecule has 0 aromatic heterocycles. The van der Waals surface area contributed by atoms with Crippen molar-refractivity contribution in [1.29, 1.82) is 0 Å². The lowest BCUT2D eigenvalue weighted by Gasteiger charge is -2.15. The van der Waals surface area contributed by atoms with Crippen LogP contribution in [0.25, 0.3) is 0 Å². The molecule has 0 heterocycles. The van der Waals surface area contributed by atoms with Gasteiger partial charge in [-0.3, -0.25) is 9.59 Å². The summed E-state index contributed by atoms with van der Waals surface area (Å²) in [6.07, 6.45) is -0.753. The number of benzene rings is 3. The van der Waals surface area contributed by atoms with Crippen LogP contribution in [0, 0.1) is 0 Å². The van der Waals surface area contributed by atoms with E-state index in [-0.39, 0.29) is 11.8 Å². The Labute approximate surface area is 174 Å². The fraction of sp³-hybridized carbons (Fsp3) is 0.130. The molecule has 29 heavy (non-hydrogen) atoms. The van der Waals surface area contributed by atoms with E-state index in [1.807, 2.05) is 30.3 Å². The topological polar surface area (TPSA) is 67.4 Å². The van der Waals surface area contributed by atoms with Gasteiger partial charge in [0.2, 0.25) is 0 Å². The molecule has 0 spiro atoms. The van der Waals surface area contributed by atoms with Crippen LogP contribution in [0.4, 0.5) is 5.69 Å². The molecule has 148 valence electrons. The van der Waals surface area contributed by atoms with E-state index in [2.05, 4.69) is 10.6 Å². The molecule has 0 fully saturated rings. The van der Waals surface area contributed by atoms with Crippen LogP contribution in [-0.2, 0) is 11.3 Å². The second kappa shape index (κ2) is 9.75. The van der Waals surface area contributed by atoms with Crippen molar-refractivity contribution in [2.24, 2.45) is 0 Å². The predicted molar refractivity (Wildman–Crippen MR) is 114 cm³/mol. The van der Waals surface area contributed by atoms with Gasteiger partial charge in [-0.15, -0.1) is 0 Å². The van der Waals surface area contributed by atoms with Crippen molar-refractivity contribution in [2.75, 3.05) is 5.32 Å². The normalized spacial score (nSPS) is 11.4. The van der Waals surface area contributed by atoms with Crippen LogP contribution in [0.2, 0.25) is 5.02 Å². The third-order valence-corrected chi connectivity index (χ3v) is 4.40. The van der Waals surface area contributed by atoms with Crippen LogP contribution in [0.1, 0.15) is 22.8 Å². The molecule has 3 rings (SSSR count). The lowest BCUT2D eigenvalue weighted by atomic mass is 10.2. The highest BCUT2D eigenvalue weighted by atomic mass is 35.5. The highest BCUT2D eigenvalue weighted by Gasteiger charge is 2.16. The Kier molecular flexibility index (Phi) is 6.87. The molecule has 3 aromatic rings. The number of nitrogens with one attached hydrogen (secondary N) is 2. The molecule has 0 radical (unpaired) electrons. The Bertz CT molecular complexity index is 992. The highest BCUT2D eigenvalue weighted by Crippen LogP contribution is 2.18. The first-order chi connectivity index (χ1) is 14.0. The summed E-state index contributed by atoms with van der Waals surface area (Å²) in [5, 5.41) is 6.15. The Balaban J connectivity index is 1.58. The molecular formula is C23H21ClN2O3. The lowest BCUT2D eigenvalue weighted by Crippen LogP contribution is -2.30. The van der Waals surface area contributed by atoms with Crippen molar-refractivity contribution in [3.05, 3.63) is 95.0 Å². The summed E-state index contributed by atoms with van der Waals surface area (Å²) < 4.78 is 5.71. The molecule has 3 aromatic carbocycles. The molecule has 0 saturated carbocycles. The van der Waals surface area contributed by atoms with Gasteiger partial charge in [-0.2, -0.15) is 0 Å². The van der Waals surface area contributed by atoms with Crippen molar-refractivity contribution in [3.8, 4) is 5.75 Å². The number of carbonyl (C=O) groups excluding carboxylic acids is 2. The maximum absolute atomic E-state index is 12.4. The molecule has 1 atom stereocenters. The van der Waals surface area contributed by atoms with E-state index in [0.29, 0.717) is 28.6 Å². The van der Waals surface area contributed by atoms with Gasteiger partial charge in [-0.25, -0.2) is 0 Å². The van der Waals surface area contributed by atoms with Crippen LogP contribution >= 0.6 is 11.6 Å². The molecular weight excluding hydrogens is 388 g/mol. The molecule has 0 aliphatic carbocycles. The second-order valence-corrected chi connectivity index (χ2v) is 6.89. The van der Waals surface area contributed by atoms with Crippen LogP contribution in [-0.4, -0.2) is 17.9 Å². The number of hydrogen-bond donors (Lipinski definition) is 2. The molecule has 0 saturated heterocycles. The van der Waals surface area contributed by atoms with Crippen LogP contribution in [0.5, 0.6) is 5.75 Å². The average molecular weight is 409 g/mol. The van der Waals surface area contributed by atoms with Gasteiger partial charge in [-0.05, 0) is 48.9 Å². The summed E-state index contributed by atoms with van der Waals surface area (Å²) in [6, 6.07) is 23.3. The molecule has 0 unspecified atom stereocenters.